The number of aromatic nitrogens is 1. The van der Waals surface area contributed by atoms with Crippen LogP contribution in [0.3, 0.4) is 0 Å². The lowest BCUT2D eigenvalue weighted by Crippen LogP contribution is -2.08. The third-order valence-electron chi connectivity index (χ3n) is 3.52. The molecule has 114 valence electrons. The molecule has 2 rings (SSSR count). The van der Waals surface area contributed by atoms with Crippen molar-refractivity contribution in [1.29, 1.82) is 0 Å². The highest BCUT2D eigenvalue weighted by Crippen LogP contribution is 2.29. The summed E-state index contributed by atoms with van der Waals surface area (Å²) in [6, 6.07) is 5.07. The van der Waals surface area contributed by atoms with Gasteiger partial charge in [-0.2, -0.15) is 0 Å². The first-order valence-corrected chi connectivity index (χ1v) is 7.08. The second-order valence-electron chi connectivity index (χ2n) is 4.88. The Balaban J connectivity index is 2.53. The molecule has 2 aromatic rings. The fourth-order valence-corrected chi connectivity index (χ4v) is 2.59. The van der Waals surface area contributed by atoms with Crippen LogP contribution in [0.2, 0.25) is 0 Å². The first-order valence-electron chi connectivity index (χ1n) is 7.08. The summed E-state index contributed by atoms with van der Waals surface area (Å²) in [6.07, 6.45) is 0.851. The molecule has 0 saturated carbocycles. The van der Waals surface area contributed by atoms with E-state index in [1.165, 1.54) is 0 Å². The molecule has 0 saturated heterocycles. The van der Waals surface area contributed by atoms with E-state index in [4.69, 9.17) is 9.47 Å². The summed E-state index contributed by atoms with van der Waals surface area (Å²) in [5.41, 5.74) is 2.30. The minimum Gasteiger partial charge on any atom is -0.508 e. The quantitative estimate of drug-likeness (QED) is 0.656. The van der Waals surface area contributed by atoms with Crippen molar-refractivity contribution < 1.29 is 19.4 Å². The van der Waals surface area contributed by atoms with Crippen LogP contribution in [0.4, 0.5) is 0 Å². The Morgan fingerprint density at radius 1 is 1.38 bits per heavy atom. The molecule has 1 aromatic carbocycles. The summed E-state index contributed by atoms with van der Waals surface area (Å²) >= 11 is 0. The minimum atomic E-state index is -0.351. The highest BCUT2D eigenvalue weighted by molar-refractivity contribution is 6.06. The van der Waals surface area contributed by atoms with E-state index in [1.54, 1.807) is 26.2 Å². The van der Waals surface area contributed by atoms with Gasteiger partial charge in [-0.15, -0.1) is 0 Å². The lowest BCUT2D eigenvalue weighted by Gasteiger charge is -2.08. The minimum absolute atomic E-state index is 0.141. The topological polar surface area (TPSA) is 60.7 Å². The van der Waals surface area contributed by atoms with Crippen LogP contribution in [0.1, 0.15) is 29.4 Å². The van der Waals surface area contributed by atoms with Crippen molar-refractivity contribution in [2.45, 2.75) is 26.8 Å². The largest absolute Gasteiger partial charge is 0.508 e. The summed E-state index contributed by atoms with van der Waals surface area (Å²) in [4.78, 5) is 12.2. The average Bonchev–Trinajstić information content (AvgIpc) is 2.71. The molecule has 1 heterocycles. The highest BCUT2D eigenvalue weighted by atomic mass is 16.5. The van der Waals surface area contributed by atoms with E-state index >= 15 is 0 Å². The van der Waals surface area contributed by atoms with Gasteiger partial charge in [0.2, 0.25) is 0 Å². The van der Waals surface area contributed by atoms with E-state index < -0.39 is 0 Å². The summed E-state index contributed by atoms with van der Waals surface area (Å²) in [7, 11) is 1.67. The zero-order valence-corrected chi connectivity index (χ0v) is 12.7. The number of aromatic hydroxyl groups is 1. The molecule has 21 heavy (non-hydrogen) atoms. The number of ether oxygens (including phenoxy) is 2. The predicted molar refractivity (Wildman–Crippen MR) is 80.8 cm³/mol. The molecule has 0 spiro atoms. The number of esters is 1. The molecular formula is C16H21NO4. The molecule has 0 aliphatic heterocycles. The number of carbonyl (C=O) groups is 1. The first kappa shape index (κ1) is 15.4. The van der Waals surface area contributed by atoms with Crippen LogP contribution in [0.15, 0.2) is 18.2 Å². The molecule has 0 amide bonds. The van der Waals surface area contributed by atoms with Crippen molar-refractivity contribution in [1.82, 2.24) is 4.57 Å². The molecule has 0 aliphatic carbocycles. The first-order chi connectivity index (χ1) is 10.1. The normalized spacial score (nSPS) is 11.0. The smallest absolute Gasteiger partial charge is 0.340 e. The van der Waals surface area contributed by atoms with Gasteiger partial charge in [-0.25, -0.2) is 4.79 Å². The van der Waals surface area contributed by atoms with Gasteiger partial charge in [0.25, 0.3) is 0 Å². The maximum atomic E-state index is 12.2. The summed E-state index contributed by atoms with van der Waals surface area (Å²) in [5.74, 6) is -0.210. The molecule has 0 fully saturated rings. The van der Waals surface area contributed by atoms with Crippen LogP contribution in [0, 0.1) is 6.92 Å². The van der Waals surface area contributed by atoms with Gasteiger partial charge in [0.1, 0.15) is 5.75 Å². The molecule has 0 aliphatic rings. The van der Waals surface area contributed by atoms with E-state index in [-0.39, 0.29) is 11.7 Å². The SMILES string of the molecule is CCOC(=O)c1c(C)n(CCCOC)c2ccc(O)cc12. The Labute approximate surface area is 124 Å². The number of methoxy groups -OCH3 is 1. The van der Waals surface area contributed by atoms with Gasteiger partial charge in [-0.1, -0.05) is 0 Å². The number of phenols is 1. The van der Waals surface area contributed by atoms with Gasteiger partial charge in [-0.3, -0.25) is 0 Å². The van der Waals surface area contributed by atoms with Crippen LogP contribution in [-0.2, 0) is 16.0 Å². The number of hydrogen-bond acceptors (Lipinski definition) is 4. The number of nitrogens with zero attached hydrogens (tertiary/aromatic N) is 1. The predicted octanol–water partition coefficient (Wildman–Crippen LogP) is 2.87. The van der Waals surface area contributed by atoms with Crippen LogP contribution >= 0.6 is 0 Å². The second kappa shape index (κ2) is 6.63. The van der Waals surface area contributed by atoms with E-state index in [0.29, 0.717) is 18.8 Å². The van der Waals surface area contributed by atoms with Gasteiger partial charge < -0.3 is 19.1 Å². The molecule has 0 bridgehead atoms. The van der Waals surface area contributed by atoms with Crippen LogP contribution in [0.25, 0.3) is 10.9 Å². The van der Waals surface area contributed by atoms with Crippen molar-refractivity contribution in [3.63, 3.8) is 0 Å². The van der Waals surface area contributed by atoms with Gasteiger partial charge in [0, 0.05) is 36.9 Å². The fourth-order valence-electron chi connectivity index (χ4n) is 2.59. The number of rotatable bonds is 6. The van der Waals surface area contributed by atoms with E-state index in [2.05, 4.69) is 4.57 Å². The summed E-state index contributed by atoms with van der Waals surface area (Å²) in [6.45, 7) is 5.41. The van der Waals surface area contributed by atoms with Crippen molar-refractivity contribution in [2.24, 2.45) is 0 Å². The van der Waals surface area contributed by atoms with Crippen molar-refractivity contribution in [2.75, 3.05) is 20.3 Å². The van der Waals surface area contributed by atoms with Gasteiger partial charge >= 0.3 is 5.97 Å². The maximum Gasteiger partial charge on any atom is 0.340 e. The number of phenolic OH excluding ortho intramolecular Hbond substituents is 1. The van der Waals surface area contributed by atoms with Crippen LogP contribution in [0.5, 0.6) is 5.75 Å². The Morgan fingerprint density at radius 3 is 2.81 bits per heavy atom. The van der Waals surface area contributed by atoms with Gasteiger partial charge in [0.15, 0.2) is 0 Å². The number of aryl methyl sites for hydroxylation is 1. The van der Waals surface area contributed by atoms with E-state index in [9.17, 15) is 9.90 Å². The number of carbonyl (C=O) groups excluding carboxylic acids is 1. The van der Waals surface area contributed by atoms with E-state index in [0.717, 1.165) is 29.6 Å². The lowest BCUT2D eigenvalue weighted by atomic mass is 10.1. The molecular weight excluding hydrogens is 270 g/mol. The Kier molecular flexibility index (Phi) is 4.85. The van der Waals surface area contributed by atoms with Crippen molar-refractivity contribution >= 4 is 16.9 Å². The molecule has 5 heteroatoms. The number of benzene rings is 1. The Hall–Kier alpha value is -2.01. The van der Waals surface area contributed by atoms with Gasteiger partial charge in [0.05, 0.1) is 12.2 Å². The summed E-state index contributed by atoms with van der Waals surface area (Å²) < 4.78 is 12.3. The number of hydrogen-bond donors (Lipinski definition) is 1. The molecule has 1 aromatic heterocycles. The average molecular weight is 291 g/mol. The maximum absolute atomic E-state index is 12.2. The molecule has 0 unspecified atom stereocenters. The molecule has 5 nitrogen and oxygen atoms in total. The van der Waals surface area contributed by atoms with Gasteiger partial charge in [-0.05, 0) is 38.5 Å². The zero-order chi connectivity index (χ0) is 15.4. The molecule has 0 atom stereocenters. The fraction of sp³-hybridized carbons (Fsp3) is 0.438. The summed E-state index contributed by atoms with van der Waals surface area (Å²) in [5, 5.41) is 10.4. The Morgan fingerprint density at radius 2 is 2.14 bits per heavy atom. The third-order valence-corrected chi connectivity index (χ3v) is 3.52. The van der Waals surface area contributed by atoms with Crippen LogP contribution in [-0.4, -0.2) is 36.0 Å². The highest BCUT2D eigenvalue weighted by Gasteiger charge is 2.21. The number of fused-ring (bicyclic) bond motifs is 1. The van der Waals surface area contributed by atoms with E-state index in [1.807, 2.05) is 13.0 Å². The van der Waals surface area contributed by atoms with Crippen LogP contribution < -0.4 is 0 Å². The Bertz CT molecular complexity index is 645. The monoisotopic (exact) mass is 291 g/mol. The molecule has 0 radical (unpaired) electrons. The second-order valence-corrected chi connectivity index (χ2v) is 4.88. The van der Waals surface area contributed by atoms with Crippen molar-refractivity contribution in [3.05, 3.63) is 29.5 Å². The molecule has 1 N–H and O–H groups in total. The lowest BCUT2D eigenvalue weighted by molar-refractivity contribution is 0.0527. The standard InChI is InChI=1S/C16H21NO4/c1-4-21-16(19)15-11(2)17(8-5-9-20-3)14-7-6-12(18)10-13(14)15/h6-7,10,18H,4-5,8-9H2,1-3H3. The van der Waals surface area contributed by atoms with Crippen molar-refractivity contribution in [3.8, 4) is 5.75 Å². The zero-order valence-electron chi connectivity index (χ0n) is 12.7. The third kappa shape index (κ3) is 3.03.